The number of carbonyl (C=O) groups is 1. The predicted octanol–water partition coefficient (Wildman–Crippen LogP) is 3.10. The van der Waals surface area contributed by atoms with Crippen molar-refractivity contribution in [2.45, 2.75) is 31.6 Å². The number of benzene rings is 1. The van der Waals surface area contributed by atoms with Crippen LogP contribution in [0.5, 0.6) is 0 Å². The van der Waals surface area contributed by atoms with Crippen LogP contribution in [0.2, 0.25) is 0 Å². The Morgan fingerprint density at radius 3 is 2.89 bits per heavy atom. The van der Waals surface area contributed by atoms with Crippen LogP contribution in [0.15, 0.2) is 36.1 Å². The van der Waals surface area contributed by atoms with Crippen LogP contribution in [0.3, 0.4) is 0 Å². The summed E-state index contributed by atoms with van der Waals surface area (Å²) in [5.41, 5.74) is 3.45. The van der Waals surface area contributed by atoms with Crippen LogP contribution in [0, 0.1) is 11.8 Å². The van der Waals surface area contributed by atoms with Gasteiger partial charge in [0.1, 0.15) is 7.85 Å². The van der Waals surface area contributed by atoms with Crippen molar-refractivity contribution in [3.8, 4) is 0 Å². The Morgan fingerprint density at radius 2 is 2.18 bits per heavy atom. The number of aromatic nitrogens is 1. The van der Waals surface area contributed by atoms with Crippen molar-refractivity contribution in [2.75, 3.05) is 27.3 Å². The molecule has 4 rings (SSSR count). The van der Waals surface area contributed by atoms with Gasteiger partial charge in [-0.25, -0.2) is 4.79 Å². The average Bonchev–Trinajstić information content (AvgIpc) is 3.10. The Bertz CT molecular complexity index is 922. The maximum Gasteiger partial charge on any atom is 0.337 e. The number of esters is 1. The third-order valence-electron chi connectivity index (χ3n) is 6.59. The number of ether oxygens (including phenoxy) is 2. The lowest BCUT2D eigenvalue weighted by Crippen LogP contribution is -2.58. The quantitative estimate of drug-likeness (QED) is 0.385. The predicted molar refractivity (Wildman–Crippen MR) is 110 cm³/mol. The van der Waals surface area contributed by atoms with Crippen LogP contribution in [-0.2, 0) is 26.1 Å². The molecule has 5 nitrogen and oxygen atoms in total. The van der Waals surface area contributed by atoms with E-state index in [4.69, 9.17) is 17.3 Å². The molecule has 1 fully saturated rings. The van der Waals surface area contributed by atoms with Gasteiger partial charge in [-0.1, -0.05) is 31.5 Å². The van der Waals surface area contributed by atoms with Crippen LogP contribution in [-0.4, -0.2) is 51.0 Å². The molecule has 2 radical (unpaired) electrons. The fraction of sp³-hybridized carbons (Fsp3) is 0.500. The van der Waals surface area contributed by atoms with E-state index in [0.29, 0.717) is 17.9 Å². The van der Waals surface area contributed by atoms with E-state index in [0.717, 1.165) is 37.1 Å². The Morgan fingerprint density at radius 1 is 1.39 bits per heavy atom. The minimum atomic E-state index is -0.635. The lowest BCUT2D eigenvalue weighted by molar-refractivity contribution is -0.137. The van der Waals surface area contributed by atoms with Gasteiger partial charge in [-0.05, 0) is 36.3 Å². The van der Waals surface area contributed by atoms with Crippen molar-refractivity contribution in [1.82, 2.24) is 9.88 Å². The van der Waals surface area contributed by atoms with Gasteiger partial charge in [-0.3, -0.25) is 4.90 Å². The molecule has 0 spiro atoms. The molecule has 2 aliphatic heterocycles. The molecular formula is C22H27BN2O3. The normalized spacial score (nSPS) is 27.9. The van der Waals surface area contributed by atoms with Crippen molar-refractivity contribution in [2.24, 2.45) is 11.8 Å². The molecule has 2 aliphatic rings. The number of carbonyl (C=O) groups excluding carboxylic acids is 1. The summed E-state index contributed by atoms with van der Waals surface area (Å²) in [6.07, 6.45) is 4.13. The first-order valence-electron chi connectivity index (χ1n) is 9.98. The van der Waals surface area contributed by atoms with Gasteiger partial charge in [0.2, 0.25) is 0 Å². The Hall–Kier alpha value is -2.21. The summed E-state index contributed by atoms with van der Waals surface area (Å²) in [5.74, 6) is -0.0332. The van der Waals surface area contributed by atoms with Gasteiger partial charge in [0.15, 0.2) is 0 Å². The maximum atomic E-state index is 12.5. The third kappa shape index (κ3) is 2.86. The first kappa shape index (κ1) is 19.1. The minimum absolute atomic E-state index is 0.0176. The van der Waals surface area contributed by atoms with Crippen molar-refractivity contribution in [3.63, 3.8) is 0 Å². The lowest BCUT2D eigenvalue weighted by Gasteiger charge is -2.54. The highest BCUT2D eigenvalue weighted by Crippen LogP contribution is 2.48. The second-order valence-corrected chi connectivity index (χ2v) is 7.92. The van der Waals surface area contributed by atoms with Gasteiger partial charge in [-0.15, -0.1) is 0 Å². The van der Waals surface area contributed by atoms with Gasteiger partial charge in [0.25, 0.3) is 0 Å². The van der Waals surface area contributed by atoms with E-state index < -0.39 is 5.44 Å². The molecule has 3 heterocycles. The van der Waals surface area contributed by atoms with E-state index in [9.17, 15) is 4.79 Å². The van der Waals surface area contributed by atoms with E-state index >= 15 is 0 Å². The second kappa shape index (κ2) is 7.32. The fourth-order valence-electron chi connectivity index (χ4n) is 5.14. The van der Waals surface area contributed by atoms with E-state index in [1.165, 1.54) is 24.3 Å². The van der Waals surface area contributed by atoms with Crippen LogP contribution in [0.1, 0.15) is 31.0 Å². The topological polar surface area (TPSA) is 54.6 Å². The lowest BCUT2D eigenvalue weighted by atomic mass is 9.59. The number of methoxy groups -OCH3 is 2. The SMILES string of the molecule is [B][C@@]12C[C@H](/C(=C\OC)C(=O)OC)[C@H](CC)CN1CCc1c2[nH]c2ccccc12. The summed E-state index contributed by atoms with van der Waals surface area (Å²) in [4.78, 5) is 18.5. The molecule has 0 amide bonds. The first-order chi connectivity index (χ1) is 13.5. The van der Waals surface area contributed by atoms with Crippen LogP contribution in [0.4, 0.5) is 0 Å². The molecule has 1 saturated heterocycles. The maximum absolute atomic E-state index is 12.5. The molecule has 28 heavy (non-hydrogen) atoms. The van der Waals surface area contributed by atoms with Crippen molar-refractivity contribution in [3.05, 3.63) is 47.4 Å². The highest BCUT2D eigenvalue weighted by atomic mass is 16.5. The number of aromatic amines is 1. The number of nitrogens with zero attached hydrogens (tertiary/aromatic N) is 1. The smallest absolute Gasteiger partial charge is 0.337 e. The van der Waals surface area contributed by atoms with E-state index in [1.807, 2.05) is 6.07 Å². The standard InChI is InChI=1S/C22H27BN2O3/c1-4-14-12-25-10-9-16-15-7-5-6-8-19(15)24-20(16)22(25,23)11-17(14)18(13-27-2)21(26)28-3/h5-8,13-14,17,24H,4,9-12H2,1-3H3/b18-13+/t14-,17+,22+/m1/s1. The second-order valence-electron chi connectivity index (χ2n) is 7.92. The first-order valence-corrected chi connectivity index (χ1v) is 9.98. The van der Waals surface area contributed by atoms with Gasteiger partial charge in [-0.2, -0.15) is 0 Å². The van der Waals surface area contributed by atoms with E-state index in [-0.39, 0.29) is 11.9 Å². The summed E-state index contributed by atoms with van der Waals surface area (Å²) in [6, 6.07) is 8.36. The van der Waals surface area contributed by atoms with Crippen molar-refractivity contribution >= 4 is 24.7 Å². The largest absolute Gasteiger partial charge is 0.504 e. The van der Waals surface area contributed by atoms with Gasteiger partial charge in [0, 0.05) is 35.1 Å². The summed E-state index contributed by atoms with van der Waals surface area (Å²) < 4.78 is 10.3. The molecule has 6 heteroatoms. The molecule has 0 unspecified atom stereocenters. The zero-order chi connectivity index (χ0) is 19.9. The van der Waals surface area contributed by atoms with Crippen LogP contribution < -0.4 is 0 Å². The molecule has 3 atom stereocenters. The third-order valence-corrected chi connectivity index (χ3v) is 6.59. The number of piperidine rings is 1. The summed E-state index contributed by atoms with van der Waals surface area (Å²) in [6.45, 7) is 3.95. The highest BCUT2D eigenvalue weighted by Gasteiger charge is 2.49. The summed E-state index contributed by atoms with van der Waals surface area (Å²) in [7, 11) is 10.1. The molecular weight excluding hydrogens is 351 g/mol. The molecule has 1 N–H and O–H groups in total. The monoisotopic (exact) mass is 378 g/mol. The van der Waals surface area contributed by atoms with Gasteiger partial charge in [0.05, 0.1) is 26.1 Å². The van der Waals surface area contributed by atoms with E-state index in [2.05, 4.69) is 35.0 Å². The number of rotatable bonds is 4. The summed E-state index contributed by atoms with van der Waals surface area (Å²) >= 11 is 0. The van der Waals surface area contributed by atoms with Gasteiger partial charge < -0.3 is 14.5 Å². The van der Waals surface area contributed by atoms with Crippen molar-refractivity contribution < 1.29 is 14.3 Å². The molecule has 2 aromatic rings. The van der Waals surface area contributed by atoms with Crippen LogP contribution in [0.25, 0.3) is 10.9 Å². The molecule has 0 bridgehead atoms. The van der Waals surface area contributed by atoms with E-state index in [1.54, 1.807) is 7.11 Å². The van der Waals surface area contributed by atoms with Crippen LogP contribution >= 0.6 is 0 Å². The minimum Gasteiger partial charge on any atom is -0.504 e. The Labute approximate surface area is 167 Å². The average molecular weight is 378 g/mol. The Balaban J connectivity index is 1.79. The number of para-hydroxylation sites is 1. The number of hydrogen-bond donors (Lipinski definition) is 1. The molecule has 1 aromatic heterocycles. The number of nitrogens with one attached hydrogen (secondary N) is 1. The number of fused-ring (bicyclic) bond motifs is 5. The molecule has 0 aliphatic carbocycles. The summed E-state index contributed by atoms with van der Waals surface area (Å²) in [5, 5.41) is 1.25. The van der Waals surface area contributed by atoms with Crippen molar-refractivity contribution in [1.29, 1.82) is 0 Å². The molecule has 1 aromatic carbocycles. The fourth-order valence-corrected chi connectivity index (χ4v) is 5.14. The zero-order valence-electron chi connectivity index (χ0n) is 16.8. The highest BCUT2D eigenvalue weighted by molar-refractivity contribution is 6.16. The Kier molecular flexibility index (Phi) is 5.00. The zero-order valence-corrected chi connectivity index (χ0v) is 16.8. The number of H-pyrrole nitrogens is 1. The molecule has 146 valence electrons. The van der Waals surface area contributed by atoms with Gasteiger partial charge >= 0.3 is 5.97 Å². The number of hydrogen-bond acceptors (Lipinski definition) is 4. The molecule has 0 saturated carbocycles.